The summed E-state index contributed by atoms with van der Waals surface area (Å²) < 4.78 is 5.43. The molecule has 0 heterocycles. The summed E-state index contributed by atoms with van der Waals surface area (Å²) in [5.74, 6) is -1.95. The Balaban J connectivity index is 2.41. The average molecular weight is 294 g/mol. The van der Waals surface area contributed by atoms with Gasteiger partial charge in [-0.3, -0.25) is 9.59 Å². The highest BCUT2D eigenvalue weighted by molar-refractivity contribution is 5.88. The average Bonchev–Trinajstić information content (AvgIpc) is 2.39. The first kappa shape index (κ1) is 16.5. The highest BCUT2D eigenvalue weighted by atomic mass is 16.5. The van der Waals surface area contributed by atoms with Crippen molar-refractivity contribution in [2.75, 3.05) is 6.61 Å². The number of nitrogens with two attached hydrogens (primary N) is 1. The van der Waals surface area contributed by atoms with Crippen LogP contribution in [0.15, 0.2) is 24.3 Å². The van der Waals surface area contributed by atoms with Gasteiger partial charge in [0, 0.05) is 0 Å². The molecule has 1 atom stereocenters. The molecular formula is C14H18N2O5. The summed E-state index contributed by atoms with van der Waals surface area (Å²) in [5.41, 5.74) is 5.86. The van der Waals surface area contributed by atoms with Gasteiger partial charge in [-0.25, -0.2) is 4.79 Å². The second kappa shape index (κ2) is 7.88. The fraction of sp³-hybridized carbons (Fsp3) is 0.357. The first-order valence-electron chi connectivity index (χ1n) is 6.39. The van der Waals surface area contributed by atoms with E-state index in [-0.39, 0.29) is 13.0 Å². The fourth-order valence-electron chi connectivity index (χ4n) is 1.64. The minimum atomic E-state index is -1.31. The van der Waals surface area contributed by atoms with E-state index in [4.69, 9.17) is 15.6 Å². The fourth-order valence-corrected chi connectivity index (χ4v) is 1.64. The molecule has 0 saturated carbocycles. The van der Waals surface area contributed by atoms with Gasteiger partial charge in [0.2, 0.25) is 11.8 Å². The molecule has 7 nitrogen and oxygen atoms in total. The molecule has 21 heavy (non-hydrogen) atoms. The minimum absolute atomic E-state index is 0.0170. The van der Waals surface area contributed by atoms with Gasteiger partial charge in [-0.2, -0.15) is 0 Å². The Bertz CT molecular complexity index is 530. The Labute approximate surface area is 122 Å². The number of carbonyl (C=O) groups excluding carboxylic acids is 2. The van der Waals surface area contributed by atoms with Crippen LogP contribution in [0.5, 0.6) is 5.75 Å². The number of carboxylic acids is 1. The van der Waals surface area contributed by atoms with Crippen molar-refractivity contribution in [2.24, 2.45) is 5.73 Å². The van der Waals surface area contributed by atoms with Crippen LogP contribution in [0.4, 0.5) is 0 Å². The number of carboxylic acid groups (broad SMARTS) is 1. The van der Waals surface area contributed by atoms with Crippen molar-refractivity contribution in [1.82, 2.24) is 5.32 Å². The van der Waals surface area contributed by atoms with Gasteiger partial charge in [0.15, 0.2) is 0 Å². The number of primary amides is 1. The van der Waals surface area contributed by atoms with Crippen molar-refractivity contribution in [2.45, 2.75) is 25.8 Å². The van der Waals surface area contributed by atoms with Gasteiger partial charge >= 0.3 is 5.97 Å². The molecule has 0 aliphatic carbocycles. The van der Waals surface area contributed by atoms with Crippen LogP contribution in [0, 0.1) is 6.92 Å². The second-order valence-corrected chi connectivity index (χ2v) is 4.49. The third-order valence-electron chi connectivity index (χ3n) is 2.72. The maximum Gasteiger partial charge on any atom is 0.326 e. The first-order valence-corrected chi connectivity index (χ1v) is 6.39. The molecule has 4 N–H and O–H groups in total. The van der Waals surface area contributed by atoms with E-state index >= 15 is 0 Å². The van der Waals surface area contributed by atoms with Crippen molar-refractivity contribution in [3.63, 3.8) is 0 Å². The number of hydrogen-bond acceptors (Lipinski definition) is 4. The van der Waals surface area contributed by atoms with E-state index < -0.39 is 30.2 Å². The van der Waals surface area contributed by atoms with Gasteiger partial charge in [-0.05, 0) is 18.6 Å². The number of amides is 2. The minimum Gasteiger partial charge on any atom is -0.493 e. The summed E-state index contributed by atoms with van der Waals surface area (Å²) >= 11 is 0. The smallest absolute Gasteiger partial charge is 0.326 e. The lowest BCUT2D eigenvalue weighted by Crippen LogP contribution is -2.43. The van der Waals surface area contributed by atoms with Gasteiger partial charge < -0.3 is 20.9 Å². The zero-order valence-electron chi connectivity index (χ0n) is 11.7. The van der Waals surface area contributed by atoms with Gasteiger partial charge in [0.05, 0.1) is 19.4 Å². The Morgan fingerprint density at radius 2 is 2.00 bits per heavy atom. The Morgan fingerprint density at radius 3 is 2.57 bits per heavy atom. The lowest BCUT2D eigenvalue weighted by atomic mass is 10.2. The predicted octanol–water partition coefficient (Wildman–Crippen LogP) is 0.209. The molecule has 0 aliphatic rings. The zero-order chi connectivity index (χ0) is 15.8. The molecule has 0 aromatic heterocycles. The molecule has 0 fully saturated rings. The molecule has 2 amide bonds. The Kier molecular flexibility index (Phi) is 6.19. The number of hydrogen-bond donors (Lipinski definition) is 3. The Hall–Kier alpha value is -2.57. The van der Waals surface area contributed by atoms with Gasteiger partial charge in [-0.15, -0.1) is 0 Å². The molecular weight excluding hydrogens is 276 g/mol. The third-order valence-corrected chi connectivity index (χ3v) is 2.72. The quantitative estimate of drug-likeness (QED) is 0.633. The van der Waals surface area contributed by atoms with Gasteiger partial charge in [-0.1, -0.05) is 18.2 Å². The van der Waals surface area contributed by atoms with E-state index in [9.17, 15) is 14.4 Å². The number of rotatable bonds is 8. The van der Waals surface area contributed by atoms with Gasteiger partial charge in [0.25, 0.3) is 0 Å². The highest BCUT2D eigenvalue weighted by Gasteiger charge is 2.21. The van der Waals surface area contributed by atoms with Crippen LogP contribution in [-0.2, 0) is 14.4 Å². The monoisotopic (exact) mass is 294 g/mol. The van der Waals surface area contributed by atoms with Crippen LogP contribution in [0.25, 0.3) is 0 Å². The summed E-state index contributed by atoms with van der Waals surface area (Å²) in [7, 11) is 0. The van der Waals surface area contributed by atoms with Gasteiger partial charge in [0.1, 0.15) is 11.8 Å². The molecule has 7 heteroatoms. The number of aliphatic carboxylic acids is 1. The molecule has 114 valence electrons. The standard InChI is InChI=1S/C14H18N2O5/c1-9-4-2-3-5-11(9)21-7-6-13(18)16-10(14(19)20)8-12(15)17/h2-5,10H,6-8H2,1H3,(H2,15,17)(H,16,18)(H,19,20)/t10-/m1/s1. The summed E-state index contributed by atoms with van der Waals surface area (Å²) in [6.07, 6.45) is -0.462. The van der Waals surface area contributed by atoms with Crippen molar-refractivity contribution in [1.29, 1.82) is 0 Å². The number of nitrogens with one attached hydrogen (secondary N) is 1. The molecule has 0 unspecified atom stereocenters. The SMILES string of the molecule is Cc1ccccc1OCCC(=O)N[C@H](CC(N)=O)C(=O)O. The van der Waals surface area contributed by atoms with Crippen LogP contribution in [0.3, 0.4) is 0 Å². The summed E-state index contributed by atoms with van der Waals surface area (Å²) in [4.78, 5) is 33.2. The van der Waals surface area contributed by atoms with Crippen LogP contribution >= 0.6 is 0 Å². The Morgan fingerprint density at radius 1 is 1.33 bits per heavy atom. The topological polar surface area (TPSA) is 119 Å². The molecule has 0 spiro atoms. The number of carbonyl (C=O) groups is 3. The van der Waals surface area contributed by atoms with Crippen LogP contribution in [0.1, 0.15) is 18.4 Å². The van der Waals surface area contributed by atoms with Crippen LogP contribution in [0.2, 0.25) is 0 Å². The van der Waals surface area contributed by atoms with E-state index in [2.05, 4.69) is 5.32 Å². The van der Waals surface area contributed by atoms with E-state index in [0.717, 1.165) is 5.56 Å². The lowest BCUT2D eigenvalue weighted by molar-refractivity contribution is -0.143. The molecule has 0 aliphatic heterocycles. The second-order valence-electron chi connectivity index (χ2n) is 4.49. The van der Waals surface area contributed by atoms with E-state index in [1.54, 1.807) is 6.07 Å². The predicted molar refractivity (Wildman–Crippen MR) is 74.7 cm³/mol. The number of aryl methyl sites for hydroxylation is 1. The maximum atomic E-state index is 11.6. The normalized spacial score (nSPS) is 11.5. The van der Waals surface area contributed by atoms with Crippen molar-refractivity contribution in [3.8, 4) is 5.75 Å². The van der Waals surface area contributed by atoms with Crippen molar-refractivity contribution >= 4 is 17.8 Å². The largest absolute Gasteiger partial charge is 0.493 e. The van der Waals surface area contributed by atoms with Crippen LogP contribution in [-0.4, -0.2) is 35.5 Å². The third kappa shape index (κ3) is 5.94. The highest BCUT2D eigenvalue weighted by Crippen LogP contribution is 2.16. The zero-order valence-corrected chi connectivity index (χ0v) is 11.7. The summed E-state index contributed by atoms with van der Waals surface area (Å²) in [6.45, 7) is 1.99. The molecule has 1 rings (SSSR count). The van der Waals surface area contributed by atoms with Crippen molar-refractivity contribution < 1.29 is 24.2 Å². The van der Waals surface area contributed by atoms with E-state index in [1.807, 2.05) is 25.1 Å². The number of ether oxygens (including phenoxy) is 1. The van der Waals surface area contributed by atoms with E-state index in [1.165, 1.54) is 0 Å². The van der Waals surface area contributed by atoms with Crippen LogP contribution < -0.4 is 15.8 Å². The first-order chi connectivity index (χ1) is 9.90. The van der Waals surface area contributed by atoms with E-state index in [0.29, 0.717) is 5.75 Å². The molecule has 1 aromatic rings. The molecule has 0 radical (unpaired) electrons. The summed E-state index contributed by atoms with van der Waals surface area (Å²) in [6, 6.07) is 6.03. The molecule has 1 aromatic carbocycles. The molecule has 0 bridgehead atoms. The number of para-hydroxylation sites is 1. The maximum absolute atomic E-state index is 11.6. The summed E-state index contributed by atoms with van der Waals surface area (Å²) in [5, 5.41) is 11.1. The van der Waals surface area contributed by atoms with Crippen molar-refractivity contribution in [3.05, 3.63) is 29.8 Å². The lowest BCUT2D eigenvalue weighted by Gasteiger charge is -2.13. The molecule has 0 saturated heterocycles. The number of benzene rings is 1.